The van der Waals surface area contributed by atoms with E-state index in [0.717, 1.165) is 13.0 Å². The fourth-order valence-electron chi connectivity index (χ4n) is 1.46. The maximum Gasteiger partial charge on any atom is 0.287 e. The fourth-order valence-corrected chi connectivity index (χ4v) is 1.46. The lowest BCUT2D eigenvalue weighted by Gasteiger charge is -2.04. The van der Waals surface area contributed by atoms with Crippen molar-refractivity contribution in [3.8, 4) is 0 Å². The Labute approximate surface area is 98.5 Å². The van der Waals surface area contributed by atoms with Gasteiger partial charge in [0.1, 0.15) is 0 Å². The second kappa shape index (κ2) is 5.24. The predicted octanol–water partition coefficient (Wildman–Crippen LogP) is -0.168. The zero-order valence-corrected chi connectivity index (χ0v) is 9.58. The van der Waals surface area contributed by atoms with Crippen molar-refractivity contribution in [2.75, 3.05) is 6.54 Å². The smallest absolute Gasteiger partial charge is 0.287 e. The summed E-state index contributed by atoms with van der Waals surface area (Å²) in [6.07, 6.45) is 7.57. The third-order valence-electron chi connectivity index (χ3n) is 2.35. The Kier molecular flexibility index (Phi) is 3.49. The summed E-state index contributed by atoms with van der Waals surface area (Å²) in [6, 6.07) is 0. The number of rotatable bonds is 5. The monoisotopic (exact) mass is 234 g/mol. The lowest BCUT2D eigenvalue weighted by molar-refractivity contribution is 0.0939. The highest BCUT2D eigenvalue weighted by molar-refractivity contribution is 5.90. The number of aryl methyl sites for hydroxylation is 2. The molecule has 0 aromatic carbocycles. The fraction of sp³-hybridized carbons (Fsp3) is 0.400. The Morgan fingerprint density at radius 3 is 2.94 bits per heavy atom. The maximum atomic E-state index is 11.7. The summed E-state index contributed by atoms with van der Waals surface area (Å²) in [5.41, 5.74) is 0. The van der Waals surface area contributed by atoms with Crippen molar-refractivity contribution >= 4 is 5.91 Å². The Bertz CT molecular complexity index is 475. The van der Waals surface area contributed by atoms with E-state index in [-0.39, 0.29) is 5.91 Å². The van der Waals surface area contributed by atoms with Crippen LogP contribution in [-0.4, -0.2) is 37.0 Å². The Hall–Kier alpha value is -2.18. The van der Waals surface area contributed by atoms with Gasteiger partial charge in [-0.1, -0.05) is 5.21 Å². The highest BCUT2D eigenvalue weighted by Gasteiger charge is 2.09. The summed E-state index contributed by atoms with van der Waals surface area (Å²) in [5, 5.41) is 10.3. The molecule has 7 heteroatoms. The van der Waals surface area contributed by atoms with Crippen LogP contribution < -0.4 is 5.32 Å². The van der Waals surface area contributed by atoms with E-state index in [9.17, 15) is 4.79 Å². The van der Waals surface area contributed by atoms with E-state index in [1.165, 1.54) is 0 Å². The summed E-state index contributed by atoms with van der Waals surface area (Å²) in [4.78, 5) is 15.6. The third kappa shape index (κ3) is 2.90. The molecule has 0 aliphatic carbocycles. The molecule has 0 atom stereocenters. The van der Waals surface area contributed by atoms with Gasteiger partial charge in [-0.05, 0) is 6.42 Å². The number of carbonyl (C=O) groups excluding carboxylic acids is 1. The number of carbonyl (C=O) groups is 1. The second-order valence-corrected chi connectivity index (χ2v) is 3.64. The molecular weight excluding hydrogens is 220 g/mol. The van der Waals surface area contributed by atoms with Crippen molar-refractivity contribution in [1.29, 1.82) is 0 Å². The summed E-state index contributed by atoms with van der Waals surface area (Å²) in [5.74, 6) is 0.266. The van der Waals surface area contributed by atoms with Gasteiger partial charge in [-0.25, -0.2) is 4.98 Å². The zero-order valence-electron chi connectivity index (χ0n) is 9.58. The van der Waals surface area contributed by atoms with Crippen LogP contribution in [-0.2, 0) is 13.6 Å². The highest BCUT2D eigenvalue weighted by atomic mass is 16.2. The molecular formula is C10H14N6O. The molecule has 0 aliphatic heterocycles. The van der Waals surface area contributed by atoms with Gasteiger partial charge < -0.3 is 9.88 Å². The van der Waals surface area contributed by atoms with Gasteiger partial charge >= 0.3 is 0 Å². The van der Waals surface area contributed by atoms with Gasteiger partial charge in [0.05, 0.1) is 6.20 Å². The van der Waals surface area contributed by atoms with Gasteiger partial charge in [-0.15, -0.1) is 5.10 Å². The minimum Gasteiger partial charge on any atom is -0.349 e. The number of aromatic nitrogens is 5. The summed E-state index contributed by atoms with van der Waals surface area (Å²) >= 11 is 0. The largest absolute Gasteiger partial charge is 0.349 e. The molecule has 0 aliphatic rings. The average Bonchev–Trinajstić information content (AvgIpc) is 2.95. The predicted molar refractivity (Wildman–Crippen MR) is 60.2 cm³/mol. The SMILES string of the molecule is Cn1ccnc1C(=O)NCCCn1ccnn1. The molecule has 90 valence electrons. The van der Waals surface area contributed by atoms with Crippen molar-refractivity contribution in [2.45, 2.75) is 13.0 Å². The molecule has 0 saturated carbocycles. The van der Waals surface area contributed by atoms with E-state index >= 15 is 0 Å². The van der Waals surface area contributed by atoms with Gasteiger partial charge in [0.25, 0.3) is 5.91 Å². The minimum absolute atomic E-state index is 0.156. The van der Waals surface area contributed by atoms with Crippen LogP contribution in [0, 0.1) is 0 Å². The first-order valence-electron chi connectivity index (χ1n) is 5.37. The lowest BCUT2D eigenvalue weighted by Crippen LogP contribution is -2.27. The second-order valence-electron chi connectivity index (χ2n) is 3.64. The van der Waals surface area contributed by atoms with E-state index in [2.05, 4.69) is 20.6 Å². The van der Waals surface area contributed by atoms with Crippen LogP contribution in [0.3, 0.4) is 0 Å². The molecule has 0 bridgehead atoms. The molecule has 17 heavy (non-hydrogen) atoms. The normalized spacial score (nSPS) is 10.4. The summed E-state index contributed by atoms with van der Waals surface area (Å²) in [6.45, 7) is 1.33. The van der Waals surface area contributed by atoms with Crippen molar-refractivity contribution in [3.63, 3.8) is 0 Å². The Balaban J connectivity index is 1.72. The van der Waals surface area contributed by atoms with Crippen LogP contribution >= 0.6 is 0 Å². The van der Waals surface area contributed by atoms with Gasteiger partial charge in [-0.2, -0.15) is 0 Å². The zero-order chi connectivity index (χ0) is 12.1. The van der Waals surface area contributed by atoms with Crippen molar-refractivity contribution in [3.05, 3.63) is 30.6 Å². The summed E-state index contributed by atoms with van der Waals surface area (Å²) < 4.78 is 3.42. The van der Waals surface area contributed by atoms with Gasteiger partial charge in [0.2, 0.25) is 0 Å². The van der Waals surface area contributed by atoms with Crippen LogP contribution in [0.2, 0.25) is 0 Å². The average molecular weight is 234 g/mol. The first kappa shape index (κ1) is 11.3. The van der Waals surface area contributed by atoms with Gasteiger partial charge in [-0.3, -0.25) is 9.48 Å². The van der Waals surface area contributed by atoms with Crippen molar-refractivity contribution in [1.82, 2.24) is 29.9 Å². The van der Waals surface area contributed by atoms with E-state index in [0.29, 0.717) is 12.4 Å². The number of hydrogen-bond acceptors (Lipinski definition) is 4. The first-order valence-corrected chi connectivity index (χ1v) is 5.37. The molecule has 0 spiro atoms. The van der Waals surface area contributed by atoms with E-state index in [1.54, 1.807) is 41.1 Å². The summed E-state index contributed by atoms with van der Waals surface area (Å²) in [7, 11) is 1.79. The maximum absolute atomic E-state index is 11.7. The molecule has 2 aromatic heterocycles. The third-order valence-corrected chi connectivity index (χ3v) is 2.35. The Morgan fingerprint density at radius 2 is 2.29 bits per heavy atom. The quantitative estimate of drug-likeness (QED) is 0.729. The number of hydrogen-bond donors (Lipinski definition) is 1. The van der Waals surface area contributed by atoms with Crippen molar-refractivity contribution in [2.24, 2.45) is 7.05 Å². The number of nitrogens with zero attached hydrogens (tertiary/aromatic N) is 5. The Morgan fingerprint density at radius 1 is 1.41 bits per heavy atom. The van der Waals surface area contributed by atoms with Crippen LogP contribution in [0.15, 0.2) is 24.8 Å². The molecule has 0 saturated heterocycles. The molecule has 0 radical (unpaired) electrons. The molecule has 7 nitrogen and oxygen atoms in total. The molecule has 1 amide bonds. The molecule has 2 rings (SSSR count). The molecule has 1 N–H and O–H groups in total. The van der Waals surface area contributed by atoms with E-state index in [4.69, 9.17) is 0 Å². The van der Waals surface area contributed by atoms with Crippen LogP contribution in [0.5, 0.6) is 0 Å². The van der Waals surface area contributed by atoms with Crippen LogP contribution in [0.25, 0.3) is 0 Å². The van der Waals surface area contributed by atoms with Gasteiger partial charge in [0.15, 0.2) is 5.82 Å². The number of imidazole rings is 1. The molecule has 2 aromatic rings. The number of nitrogens with one attached hydrogen (secondary N) is 1. The highest BCUT2D eigenvalue weighted by Crippen LogP contribution is 1.94. The molecule has 0 fully saturated rings. The topological polar surface area (TPSA) is 77.6 Å². The molecule has 0 unspecified atom stereocenters. The van der Waals surface area contributed by atoms with Gasteiger partial charge in [0, 0.05) is 38.7 Å². The minimum atomic E-state index is -0.156. The first-order chi connectivity index (χ1) is 8.27. The van der Waals surface area contributed by atoms with Crippen molar-refractivity contribution < 1.29 is 4.79 Å². The molecule has 2 heterocycles. The standard InChI is InChI=1S/C10H14N6O/c1-15-7-4-11-9(15)10(17)12-3-2-6-16-8-5-13-14-16/h4-5,7-8H,2-3,6H2,1H3,(H,12,17). The number of amides is 1. The van der Waals surface area contributed by atoms with E-state index < -0.39 is 0 Å². The lowest BCUT2D eigenvalue weighted by atomic mass is 10.4. The van der Waals surface area contributed by atoms with E-state index in [1.807, 2.05) is 0 Å². The van der Waals surface area contributed by atoms with Crippen LogP contribution in [0.1, 0.15) is 17.0 Å². The van der Waals surface area contributed by atoms with Crippen LogP contribution in [0.4, 0.5) is 0 Å².